The molecular formula is C31H29F2N3O5. The average molecular weight is 562 g/mol. The quantitative estimate of drug-likeness (QED) is 0.290. The maximum absolute atomic E-state index is 15.5. The van der Waals surface area contributed by atoms with Crippen LogP contribution in [0.3, 0.4) is 0 Å². The molecule has 6 rings (SSSR count). The third-order valence-corrected chi connectivity index (χ3v) is 8.04. The van der Waals surface area contributed by atoms with E-state index in [-0.39, 0.29) is 40.5 Å². The number of β-amino-alcohol motifs (C(OH)–C–C–N with tert-alkyl or cyclic N) is 1. The van der Waals surface area contributed by atoms with Crippen LogP contribution in [-0.4, -0.2) is 62.3 Å². The van der Waals surface area contributed by atoms with Crippen LogP contribution in [0, 0.1) is 17.6 Å². The molecule has 3 N–H and O–H groups in total. The molecule has 41 heavy (non-hydrogen) atoms. The summed E-state index contributed by atoms with van der Waals surface area (Å²) in [5.74, 6) is -2.86. The molecule has 1 saturated carbocycles. The number of ether oxygens (including phenoxy) is 1. The Labute approximate surface area is 234 Å². The van der Waals surface area contributed by atoms with Gasteiger partial charge < -0.3 is 24.8 Å². The van der Waals surface area contributed by atoms with Gasteiger partial charge in [0.1, 0.15) is 17.4 Å². The lowest BCUT2D eigenvalue weighted by Gasteiger charge is -2.25. The summed E-state index contributed by atoms with van der Waals surface area (Å²) in [5.41, 5.74) is 2.49. The van der Waals surface area contributed by atoms with Gasteiger partial charge in [0.05, 0.1) is 23.1 Å². The van der Waals surface area contributed by atoms with Crippen LogP contribution in [0.4, 0.5) is 8.78 Å². The summed E-state index contributed by atoms with van der Waals surface area (Å²) < 4.78 is 36.5. The van der Waals surface area contributed by atoms with Crippen molar-refractivity contribution in [2.24, 2.45) is 5.92 Å². The maximum atomic E-state index is 15.5. The Morgan fingerprint density at radius 3 is 2.17 bits per heavy atom. The number of fused-ring (bicyclic) bond motifs is 1. The molecule has 8 nitrogen and oxygen atoms in total. The van der Waals surface area contributed by atoms with E-state index < -0.39 is 23.7 Å². The molecule has 212 valence electrons. The molecule has 4 aromatic rings. The number of hydrogen-bond acceptors (Lipinski definition) is 5. The molecule has 1 aliphatic carbocycles. The van der Waals surface area contributed by atoms with Crippen LogP contribution in [0.1, 0.15) is 42.5 Å². The number of benzene rings is 3. The molecule has 0 spiro atoms. The number of hydrogen-bond donors (Lipinski definition) is 3. The van der Waals surface area contributed by atoms with Gasteiger partial charge in [-0.3, -0.25) is 9.59 Å². The lowest BCUT2D eigenvalue weighted by Crippen LogP contribution is -2.29. The van der Waals surface area contributed by atoms with E-state index in [1.54, 1.807) is 41.3 Å². The van der Waals surface area contributed by atoms with Crippen LogP contribution in [0.2, 0.25) is 0 Å². The zero-order valence-electron chi connectivity index (χ0n) is 22.1. The van der Waals surface area contributed by atoms with Gasteiger partial charge in [0.2, 0.25) is 0 Å². The number of aliphatic hydroxyl groups excluding tert-OH is 1. The average Bonchev–Trinajstić information content (AvgIpc) is 3.59. The second-order valence-corrected chi connectivity index (χ2v) is 10.8. The number of imidazole rings is 1. The molecule has 2 heterocycles. The number of likely N-dealkylation sites (tertiary alicyclic amines) is 1. The highest BCUT2D eigenvalue weighted by atomic mass is 19.1. The molecule has 3 aromatic carbocycles. The Balaban J connectivity index is 1.18. The standard InChI is InChI=1S/C31H29F2N3O5/c32-24-15-25-28(35-31(34-25)41-23-11-9-21(10-12-23)30(39)40)27(33)26(24)19-5-1-17(2-6-19)18-3-7-20(8-4-18)29(38)36-14-13-22(37)16-36/h1-8,15,21-23,37H,9-14,16H2,(H,34,35)(H,39,40)/t21?,22-,23?/m1/s1. The van der Waals surface area contributed by atoms with Crippen molar-refractivity contribution in [3.8, 4) is 28.3 Å². The third-order valence-electron chi connectivity index (χ3n) is 8.04. The first-order valence-corrected chi connectivity index (χ1v) is 13.7. The first-order chi connectivity index (χ1) is 19.8. The van der Waals surface area contributed by atoms with E-state index in [2.05, 4.69) is 9.97 Å². The van der Waals surface area contributed by atoms with Gasteiger partial charge in [-0.2, -0.15) is 4.98 Å². The van der Waals surface area contributed by atoms with Gasteiger partial charge in [0.15, 0.2) is 5.82 Å². The van der Waals surface area contributed by atoms with Gasteiger partial charge in [-0.05, 0) is 60.9 Å². The summed E-state index contributed by atoms with van der Waals surface area (Å²) in [6.07, 6.45) is 1.94. The Morgan fingerprint density at radius 2 is 1.56 bits per heavy atom. The minimum atomic E-state index is -0.810. The van der Waals surface area contributed by atoms with Crippen molar-refractivity contribution in [1.82, 2.24) is 14.9 Å². The monoisotopic (exact) mass is 561 g/mol. The number of nitrogens with one attached hydrogen (secondary N) is 1. The topological polar surface area (TPSA) is 116 Å². The fourth-order valence-electron chi connectivity index (χ4n) is 5.71. The van der Waals surface area contributed by atoms with Crippen LogP contribution in [0.5, 0.6) is 6.01 Å². The molecule has 1 aromatic heterocycles. The van der Waals surface area contributed by atoms with Gasteiger partial charge in [-0.1, -0.05) is 36.4 Å². The van der Waals surface area contributed by atoms with Crippen molar-refractivity contribution >= 4 is 22.9 Å². The fourth-order valence-corrected chi connectivity index (χ4v) is 5.71. The number of carbonyl (C=O) groups is 2. The number of H-pyrrole nitrogens is 1. The SMILES string of the molecule is O=C(O)C1CCC(Oc2nc3c(F)c(-c4ccc(-c5ccc(C(=O)N6CC[C@@H](O)C6)cc5)cc4)c(F)cc3[nH]2)CC1. The molecule has 2 fully saturated rings. The first kappa shape index (κ1) is 26.9. The van der Waals surface area contributed by atoms with E-state index in [4.69, 9.17) is 4.74 Å². The maximum Gasteiger partial charge on any atom is 0.306 e. The van der Waals surface area contributed by atoms with Gasteiger partial charge in [0.25, 0.3) is 11.9 Å². The molecule has 1 saturated heterocycles. The van der Waals surface area contributed by atoms with E-state index in [9.17, 15) is 19.8 Å². The van der Waals surface area contributed by atoms with E-state index in [1.165, 1.54) is 6.07 Å². The lowest BCUT2D eigenvalue weighted by molar-refractivity contribution is -0.143. The second kappa shape index (κ2) is 10.9. The Bertz CT molecular complexity index is 1600. The highest BCUT2D eigenvalue weighted by Gasteiger charge is 2.28. The van der Waals surface area contributed by atoms with E-state index in [0.717, 1.165) is 11.1 Å². The Morgan fingerprint density at radius 1 is 0.927 bits per heavy atom. The molecule has 0 bridgehead atoms. The Kier molecular flexibility index (Phi) is 7.17. The number of carboxylic acids is 1. The lowest BCUT2D eigenvalue weighted by atomic mass is 9.87. The summed E-state index contributed by atoms with van der Waals surface area (Å²) in [5, 5.41) is 18.9. The van der Waals surface area contributed by atoms with Gasteiger partial charge in [0, 0.05) is 24.7 Å². The summed E-state index contributed by atoms with van der Waals surface area (Å²) in [7, 11) is 0. The van der Waals surface area contributed by atoms with Crippen molar-refractivity contribution in [1.29, 1.82) is 0 Å². The highest BCUT2D eigenvalue weighted by Crippen LogP contribution is 2.34. The van der Waals surface area contributed by atoms with Crippen molar-refractivity contribution < 1.29 is 33.3 Å². The molecule has 0 radical (unpaired) electrons. The zero-order chi connectivity index (χ0) is 28.7. The van der Waals surface area contributed by atoms with E-state index in [0.29, 0.717) is 56.3 Å². The highest BCUT2D eigenvalue weighted by molar-refractivity contribution is 5.95. The predicted octanol–water partition coefficient (Wildman–Crippen LogP) is 5.40. The normalized spacial score (nSPS) is 20.9. The Hall–Kier alpha value is -4.31. The number of carboxylic acid groups (broad SMARTS) is 1. The van der Waals surface area contributed by atoms with E-state index >= 15 is 8.78 Å². The number of carbonyl (C=O) groups excluding carboxylic acids is 1. The van der Waals surface area contributed by atoms with Crippen molar-refractivity contribution in [2.75, 3.05) is 13.1 Å². The predicted molar refractivity (Wildman–Crippen MR) is 147 cm³/mol. The molecule has 1 amide bonds. The number of halogens is 2. The second-order valence-electron chi connectivity index (χ2n) is 10.8. The summed E-state index contributed by atoms with van der Waals surface area (Å²) in [6, 6.07) is 15.2. The third kappa shape index (κ3) is 5.39. The van der Waals surface area contributed by atoms with Crippen LogP contribution in [0.15, 0.2) is 54.6 Å². The number of aliphatic carboxylic acids is 1. The van der Waals surface area contributed by atoms with Crippen molar-refractivity contribution in [3.05, 3.63) is 71.8 Å². The minimum absolute atomic E-state index is 0.0366. The van der Waals surface area contributed by atoms with Crippen LogP contribution in [0.25, 0.3) is 33.3 Å². The molecule has 1 aliphatic heterocycles. The fraction of sp³-hybridized carbons (Fsp3) is 0.323. The molecule has 1 atom stereocenters. The summed E-state index contributed by atoms with van der Waals surface area (Å²) in [6.45, 7) is 0.868. The van der Waals surface area contributed by atoms with Gasteiger partial charge in [-0.15, -0.1) is 0 Å². The number of amides is 1. The van der Waals surface area contributed by atoms with Gasteiger partial charge in [-0.25, -0.2) is 8.78 Å². The van der Waals surface area contributed by atoms with Crippen molar-refractivity contribution in [2.45, 2.75) is 44.3 Å². The molecule has 0 unspecified atom stereocenters. The summed E-state index contributed by atoms with van der Waals surface area (Å²) in [4.78, 5) is 32.5. The largest absolute Gasteiger partial charge is 0.481 e. The minimum Gasteiger partial charge on any atom is -0.481 e. The zero-order valence-corrected chi connectivity index (χ0v) is 22.1. The number of aromatic amines is 1. The number of aromatic nitrogens is 2. The molecular weight excluding hydrogens is 532 g/mol. The van der Waals surface area contributed by atoms with Crippen LogP contribution in [-0.2, 0) is 4.79 Å². The van der Waals surface area contributed by atoms with Gasteiger partial charge >= 0.3 is 5.97 Å². The number of aliphatic hydroxyl groups is 1. The van der Waals surface area contributed by atoms with Crippen LogP contribution < -0.4 is 4.74 Å². The first-order valence-electron chi connectivity index (χ1n) is 13.7. The molecule has 10 heteroatoms. The van der Waals surface area contributed by atoms with E-state index in [1.807, 2.05) is 12.1 Å². The summed E-state index contributed by atoms with van der Waals surface area (Å²) >= 11 is 0. The van der Waals surface area contributed by atoms with Crippen molar-refractivity contribution in [3.63, 3.8) is 0 Å². The number of nitrogens with zero attached hydrogens (tertiary/aromatic N) is 2. The van der Waals surface area contributed by atoms with Crippen LogP contribution >= 0.6 is 0 Å². The molecule has 2 aliphatic rings. The number of rotatable bonds is 6. The smallest absolute Gasteiger partial charge is 0.306 e.